The topological polar surface area (TPSA) is 55.4 Å². The summed E-state index contributed by atoms with van der Waals surface area (Å²) in [5.74, 6) is -1.62. The largest absolute Gasteiger partial charge is 0.467 e. The van der Waals surface area contributed by atoms with Gasteiger partial charge in [0.2, 0.25) is 5.91 Å². The third-order valence-electron chi connectivity index (χ3n) is 4.48. The lowest BCUT2D eigenvalue weighted by molar-refractivity contribution is -0.145. The quantitative estimate of drug-likeness (QED) is 0.210. The molecule has 0 heterocycles. The normalized spacial score (nSPS) is 12.9. The number of hydrogen-bond acceptors (Lipinski definition) is 3. The number of amides is 1. The summed E-state index contributed by atoms with van der Waals surface area (Å²) in [5, 5.41) is 2.34. The third-order valence-corrected chi connectivity index (χ3v) is 4.48. The number of carbonyl (C=O) groups excluding carboxylic acids is 2. The fraction of sp³-hybridized carbons (Fsp3) is 0.524. The Morgan fingerprint density at radius 1 is 1.00 bits per heavy atom. The van der Waals surface area contributed by atoms with Crippen LogP contribution in [-0.2, 0) is 33.1 Å². The molecular formula is C21H25F6NO3. The number of benzene rings is 1. The van der Waals surface area contributed by atoms with Gasteiger partial charge >= 0.3 is 18.3 Å². The first-order valence-electron chi connectivity index (χ1n) is 9.65. The van der Waals surface area contributed by atoms with Crippen molar-refractivity contribution < 1.29 is 40.7 Å². The van der Waals surface area contributed by atoms with Crippen molar-refractivity contribution in [2.75, 3.05) is 7.11 Å². The van der Waals surface area contributed by atoms with E-state index >= 15 is 0 Å². The molecule has 1 rings (SSSR count). The number of unbranched alkanes of at least 4 members (excludes halogenated alkanes) is 4. The van der Waals surface area contributed by atoms with Gasteiger partial charge in [-0.05, 0) is 43.0 Å². The molecule has 0 saturated carbocycles. The maximum Gasteiger partial charge on any atom is 0.416 e. The zero-order valence-corrected chi connectivity index (χ0v) is 17.0. The minimum absolute atomic E-state index is 0.00891. The Labute approximate surface area is 176 Å². The molecule has 174 valence electrons. The first-order chi connectivity index (χ1) is 14.4. The van der Waals surface area contributed by atoms with Crippen molar-refractivity contribution in [3.8, 4) is 0 Å². The second-order valence-corrected chi connectivity index (χ2v) is 7.01. The van der Waals surface area contributed by atoms with Crippen LogP contribution in [0.15, 0.2) is 30.9 Å². The number of allylic oxidation sites excluding steroid dienone is 1. The first kappa shape index (κ1) is 26.5. The van der Waals surface area contributed by atoms with Gasteiger partial charge in [0.15, 0.2) is 0 Å². The second-order valence-electron chi connectivity index (χ2n) is 7.01. The lowest BCUT2D eigenvalue weighted by Gasteiger charge is -2.17. The third kappa shape index (κ3) is 9.44. The van der Waals surface area contributed by atoms with E-state index in [1.54, 1.807) is 6.08 Å². The molecular weight excluding hydrogens is 428 g/mol. The number of hydrogen-bond donors (Lipinski definition) is 1. The van der Waals surface area contributed by atoms with E-state index in [1.807, 2.05) is 0 Å². The molecule has 1 N–H and O–H groups in total. The van der Waals surface area contributed by atoms with Gasteiger partial charge in [-0.15, -0.1) is 6.58 Å². The summed E-state index contributed by atoms with van der Waals surface area (Å²) in [5.41, 5.74) is -3.48. The van der Waals surface area contributed by atoms with Crippen molar-refractivity contribution in [3.63, 3.8) is 0 Å². The number of esters is 1. The molecule has 0 fully saturated rings. The summed E-state index contributed by atoms with van der Waals surface area (Å²) in [7, 11) is 1.12. The summed E-state index contributed by atoms with van der Waals surface area (Å²) < 4.78 is 82.3. The summed E-state index contributed by atoms with van der Waals surface area (Å²) in [6.07, 6.45) is -4.71. The highest BCUT2D eigenvalue weighted by Gasteiger charge is 2.37. The predicted molar refractivity (Wildman–Crippen MR) is 102 cm³/mol. The van der Waals surface area contributed by atoms with E-state index in [2.05, 4.69) is 16.6 Å². The summed E-state index contributed by atoms with van der Waals surface area (Å²) in [6, 6.07) is -0.0708. The molecule has 1 aromatic rings. The molecule has 10 heteroatoms. The van der Waals surface area contributed by atoms with Crippen LogP contribution in [0, 0.1) is 0 Å². The van der Waals surface area contributed by atoms with Gasteiger partial charge in [-0.25, -0.2) is 4.79 Å². The SMILES string of the molecule is C=CCCCCCC[C@@H](NC(=O)Cc1cc(C(F)(F)F)cc(C(F)(F)F)c1)C(=O)OC. The molecule has 0 radical (unpaired) electrons. The Balaban J connectivity index is 2.86. The molecule has 1 amide bonds. The van der Waals surface area contributed by atoms with Crippen LogP contribution in [-0.4, -0.2) is 25.0 Å². The number of methoxy groups -OCH3 is 1. The highest BCUT2D eigenvalue weighted by molar-refractivity contribution is 5.85. The number of rotatable bonds is 11. The van der Waals surface area contributed by atoms with Gasteiger partial charge in [-0.2, -0.15) is 26.3 Å². The van der Waals surface area contributed by atoms with Crippen molar-refractivity contribution >= 4 is 11.9 Å². The maximum atomic E-state index is 13.0. The van der Waals surface area contributed by atoms with Gasteiger partial charge in [0.1, 0.15) is 6.04 Å². The average Bonchev–Trinajstić information content (AvgIpc) is 2.67. The Morgan fingerprint density at radius 2 is 1.55 bits per heavy atom. The molecule has 31 heavy (non-hydrogen) atoms. The van der Waals surface area contributed by atoms with Crippen LogP contribution in [0.4, 0.5) is 26.3 Å². The number of carbonyl (C=O) groups is 2. The molecule has 0 saturated heterocycles. The first-order valence-corrected chi connectivity index (χ1v) is 9.65. The zero-order chi connectivity index (χ0) is 23.7. The Kier molecular flexibility index (Phi) is 10.1. The molecule has 0 spiro atoms. The van der Waals surface area contributed by atoms with Gasteiger partial charge < -0.3 is 10.1 Å². The monoisotopic (exact) mass is 453 g/mol. The van der Waals surface area contributed by atoms with Crippen LogP contribution in [0.2, 0.25) is 0 Å². The molecule has 1 atom stereocenters. The van der Waals surface area contributed by atoms with Crippen molar-refractivity contribution in [1.29, 1.82) is 0 Å². The van der Waals surface area contributed by atoms with Gasteiger partial charge in [0, 0.05) is 0 Å². The zero-order valence-electron chi connectivity index (χ0n) is 17.0. The van der Waals surface area contributed by atoms with E-state index < -0.39 is 53.4 Å². The van der Waals surface area contributed by atoms with Crippen molar-refractivity contribution in [3.05, 3.63) is 47.5 Å². The molecule has 0 aliphatic carbocycles. The Bertz CT molecular complexity index is 726. The van der Waals surface area contributed by atoms with Crippen LogP contribution in [0.25, 0.3) is 0 Å². The molecule has 0 bridgehead atoms. The molecule has 4 nitrogen and oxygen atoms in total. The van der Waals surface area contributed by atoms with E-state index in [-0.39, 0.29) is 12.5 Å². The second kappa shape index (κ2) is 11.8. The van der Waals surface area contributed by atoms with E-state index in [9.17, 15) is 35.9 Å². The predicted octanol–water partition coefficient (Wildman–Crippen LogP) is 5.45. The Hall–Kier alpha value is -2.52. The van der Waals surface area contributed by atoms with Crippen LogP contribution in [0.1, 0.15) is 55.2 Å². The van der Waals surface area contributed by atoms with Gasteiger partial charge in [0.25, 0.3) is 0 Å². The standard InChI is InChI=1S/C21H25F6NO3/c1-3-4-5-6-7-8-9-17(19(30)31-2)28-18(29)12-14-10-15(20(22,23)24)13-16(11-14)21(25,26)27/h3,10-11,13,17H,1,4-9,12H2,2H3,(H,28,29)/t17-/m1/s1. The van der Waals surface area contributed by atoms with Crippen molar-refractivity contribution in [1.82, 2.24) is 5.32 Å². The van der Waals surface area contributed by atoms with Crippen LogP contribution in [0.5, 0.6) is 0 Å². The fourth-order valence-corrected chi connectivity index (χ4v) is 2.93. The fourth-order valence-electron chi connectivity index (χ4n) is 2.93. The number of ether oxygens (including phenoxy) is 1. The van der Waals surface area contributed by atoms with E-state index in [1.165, 1.54) is 0 Å². The van der Waals surface area contributed by atoms with Crippen LogP contribution in [0.3, 0.4) is 0 Å². The lowest BCUT2D eigenvalue weighted by atomic mass is 10.0. The summed E-state index contributed by atoms with van der Waals surface area (Å²) in [6.45, 7) is 3.61. The Morgan fingerprint density at radius 3 is 2.03 bits per heavy atom. The average molecular weight is 453 g/mol. The highest BCUT2D eigenvalue weighted by atomic mass is 19.4. The summed E-state index contributed by atoms with van der Waals surface area (Å²) >= 11 is 0. The van der Waals surface area contributed by atoms with Gasteiger partial charge in [-0.1, -0.05) is 25.3 Å². The molecule has 0 unspecified atom stereocenters. The number of halogens is 6. The maximum absolute atomic E-state index is 13.0. The highest BCUT2D eigenvalue weighted by Crippen LogP contribution is 2.36. The molecule has 0 aliphatic heterocycles. The number of nitrogens with one attached hydrogen (secondary N) is 1. The minimum Gasteiger partial charge on any atom is -0.467 e. The van der Waals surface area contributed by atoms with E-state index in [0.29, 0.717) is 18.6 Å². The molecule has 1 aromatic carbocycles. The van der Waals surface area contributed by atoms with Crippen molar-refractivity contribution in [2.45, 2.75) is 63.3 Å². The number of alkyl halides is 6. The van der Waals surface area contributed by atoms with Gasteiger partial charge in [-0.3, -0.25) is 4.79 Å². The summed E-state index contributed by atoms with van der Waals surface area (Å²) in [4.78, 5) is 24.1. The smallest absolute Gasteiger partial charge is 0.416 e. The van der Waals surface area contributed by atoms with Crippen LogP contribution < -0.4 is 5.32 Å². The van der Waals surface area contributed by atoms with Crippen LogP contribution >= 0.6 is 0 Å². The van der Waals surface area contributed by atoms with E-state index in [4.69, 9.17) is 0 Å². The molecule has 0 aromatic heterocycles. The lowest BCUT2D eigenvalue weighted by Crippen LogP contribution is -2.42. The van der Waals surface area contributed by atoms with Crippen molar-refractivity contribution in [2.24, 2.45) is 0 Å². The van der Waals surface area contributed by atoms with E-state index in [0.717, 1.165) is 32.8 Å². The minimum atomic E-state index is -5.01. The van der Waals surface area contributed by atoms with Gasteiger partial charge in [0.05, 0.1) is 24.7 Å². The molecule has 0 aliphatic rings.